The number of anilines is 3. The SMILES string of the molecule is Fc1cc(F)c(N2SN(CCN3CC4CC3CN4)c3ccccc32)c(F)c1. The molecule has 1 N–H and O–H groups in total. The van der Waals surface area contributed by atoms with Gasteiger partial charge >= 0.3 is 0 Å². The molecule has 0 amide bonds. The number of nitrogens with one attached hydrogen (secondary N) is 1. The number of benzene rings is 2. The zero-order chi connectivity index (χ0) is 18.5. The molecule has 0 saturated carbocycles. The van der Waals surface area contributed by atoms with Crippen LogP contribution >= 0.6 is 12.1 Å². The Morgan fingerprint density at radius 1 is 1.04 bits per heavy atom. The number of para-hydroxylation sites is 2. The van der Waals surface area contributed by atoms with Gasteiger partial charge in [0.15, 0.2) is 11.6 Å². The van der Waals surface area contributed by atoms with Gasteiger partial charge in [-0.15, -0.1) is 0 Å². The Kier molecular flexibility index (Phi) is 4.22. The quantitative estimate of drug-likeness (QED) is 0.800. The van der Waals surface area contributed by atoms with Crippen molar-refractivity contribution in [2.45, 2.75) is 18.5 Å². The van der Waals surface area contributed by atoms with E-state index in [1.165, 1.54) is 22.9 Å². The van der Waals surface area contributed by atoms with Crippen molar-refractivity contribution in [2.24, 2.45) is 0 Å². The molecule has 2 unspecified atom stereocenters. The Bertz CT molecular complexity index is 857. The molecule has 2 fully saturated rings. The summed E-state index contributed by atoms with van der Waals surface area (Å²) in [6.45, 7) is 3.72. The first-order valence-electron chi connectivity index (χ1n) is 9.07. The van der Waals surface area contributed by atoms with Gasteiger partial charge in [-0.3, -0.25) is 13.5 Å². The molecular weight excluding hydrogens is 373 g/mol. The van der Waals surface area contributed by atoms with Crippen LogP contribution in [0.25, 0.3) is 0 Å². The minimum Gasteiger partial charge on any atom is -0.311 e. The van der Waals surface area contributed by atoms with Crippen LogP contribution in [0.5, 0.6) is 0 Å². The lowest BCUT2D eigenvalue weighted by atomic mass is 10.2. The lowest BCUT2D eigenvalue weighted by Gasteiger charge is -2.29. The topological polar surface area (TPSA) is 21.8 Å². The van der Waals surface area contributed by atoms with Crippen molar-refractivity contribution in [3.05, 3.63) is 53.8 Å². The lowest BCUT2D eigenvalue weighted by Crippen LogP contribution is -2.45. The normalized spacial score (nSPS) is 24.1. The van der Waals surface area contributed by atoms with E-state index in [2.05, 4.69) is 14.5 Å². The number of fused-ring (bicyclic) bond motifs is 3. The molecule has 2 aromatic rings. The monoisotopic (exact) mass is 392 g/mol. The summed E-state index contributed by atoms with van der Waals surface area (Å²) < 4.78 is 45.6. The highest BCUT2D eigenvalue weighted by atomic mass is 32.2. The van der Waals surface area contributed by atoms with Crippen LogP contribution in [0.3, 0.4) is 0 Å². The number of hydrogen-bond acceptors (Lipinski definition) is 5. The summed E-state index contributed by atoms with van der Waals surface area (Å²) in [6.07, 6.45) is 1.20. The molecule has 8 heteroatoms. The summed E-state index contributed by atoms with van der Waals surface area (Å²) in [7, 11) is 0. The summed E-state index contributed by atoms with van der Waals surface area (Å²) in [5, 5.41) is 3.49. The van der Waals surface area contributed by atoms with E-state index >= 15 is 0 Å². The predicted octanol–water partition coefficient (Wildman–Crippen LogP) is 3.67. The molecular formula is C19H19F3N4S. The molecule has 27 heavy (non-hydrogen) atoms. The van der Waals surface area contributed by atoms with Gasteiger partial charge in [-0.1, -0.05) is 12.1 Å². The van der Waals surface area contributed by atoms with Crippen LogP contribution in [0, 0.1) is 17.5 Å². The standard InChI is InChI=1S/C19H19F3N4S/c20-12-7-15(21)19(16(22)8-12)26-18-4-2-1-3-17(18)25(27-26)6-5-24-11-13-9-14(24)10-23-13/h1-4,7-8,13-14,23H,5-6,9-11H2. The van der Waals surface area contributed by atoms with Crippen molar-refractivity contribution in [1.29, 1.82) is 0 Å². The third kappa shape index (κ3) is 2.96. The number of likely N-dealkylation sites (tertiary alicyclic amines) is 1. The smallest absolute Gasteiger partial charge is 0.153 e. The Hall–Kier alpha value is -1.90. The summed E-state index contributed by atoms with van der Waals surface area (Å²) in [5.74, 6) is -2.72. The summed E-state index contributed by atoms with van der Waals surface area (Å²) in [6, 6.07) is 10.1. The Labute approximate surface area is 160 Å². The first kappa shape index (κ1) is 17.2. The zero-order valence-electron chi connectivity index (χ0n) is 14.5. The van der Waals surface area contributed by atoms with Gasteiger partial charge in [0.1, 0.15) is 11.5 Å². The number of piperazine rings is 1. The molecule has 5 rings (SSSR count). The van der Waals surface area contributed by atoms with E-state index in [4.69, 9.17) is 0 Å². The van der Waals surface area contributed by atoms with Gasteiger partial charge in [-0.05, 0) is 18.6 Å². The van der Waals surface area contributed by atoms with Crippen LogP contribution in [0.2, 0.25) is 0 Å². The van der Waals surface area contributed by atoms with Crippen LogP contribution in [-0.2, 0) is 0 Å². The van der Waals surface area contributed by atoms with Gasteiger partial charge in [0, 0.05) is 50.4 Å². The first-order valence-corrected chi connectivity index (χ1v) is 9.80. The fourth-order valence-corrected chi connectivity index (χ4v) is 5.33. The highest BCUT2D eigenvalue weighted by Gasteiger charge is 2.38. The molecule has 2 aromatic carbocycles. The van der Waals surface area contributed by atoms with Gasteiger partial charge in [-0.2, -0.15) is 0 Å². The highest BCUT2D eigenvalue weighted by molar-refractivity contribution is 8.02. The third-order valence-corrected chi connectivity index (χ3v) is 6.61. The average molecular weight is 392 g/mol. The molecule has 142 valence electrons. The molecule has 3 aliphatic rings. The van der Waals surface area contributed by atoms with Gasteiger partial charge in [0.2, 0.25) is 0 Å². The maximum atomic E-state index is 14.3. The molecule has 2 saturated heterocycles. The van der Waals surface area contributed by atoms with Gasteiger partial charge < -0.3 is 5.32 Å². The summed E-state index contributed by atoms with van der Waals surface area (Å²) in [4.78, 5) is 2.48. The molecule has 3 heterocycles. The second kappa shape index (κ2) is 6.61. The average Bonchev–Trinajstić information content (AvgIpc) is 3.34. The summed E-state index contributed by atoms with van der Waals surface area (Å²) in [5.41, 5.74) is 1.38. The Morgan fingerprint density at radius 3 is 2.44 bits per heavy atom. The van der Waals surface area contributed by atoms with Crippen LogP contribution in [0.4, 0.5) is 30.2 Å². The second-order valence-corrected chi connectivity index (χ2v) is 8.14. The number of hydrogen-bond donors (Lipinski definition) is 1. The van der Waals surface area contributed by atoms with Crippen molar-refractivity contribution in [3.63, 3.8) is 0 Å². The van der Waals surface area contributed by atoms with E-state index in [-0.39, 0.29) is 5.69 Å². The summed E-state index contributed by atoms with van der Waals surface area (Å²) >= 11 is 1.25. The third-order valence-electron chi connectivity index (χ3n) is 5.49. The fourth-order valence-electron chi connectivity index (χ4n) is 4.22. The lowest BCUT2D eigenvalue weighted by molar-refractivity contribution is 0.233. The van der Waals surface area contributed by atoms with E-state index in [0.29, 0.717) is 17.8 Å². The van der Waals surface area contributed by atoms with Crippen LogP contribution in [-0.4, -0.2) is 43.2 Å². The Balaban J connectivity index is 1.40. The fraction of sp³-hybridized carbons (Fsp3) is 0.368. The molecule has 0 aliphatic carbocycles. The zero-order valence-corrected chi connectivity index (χ0v) is 15.4. The maximum Gasteiger partial charge on any atom is 0.153 e. The number of halogens is 3. The highest BCUT2D eigenvalue weighted by Crippen LogP contribution is 2.50. The molecule has 4 nitrogen and oxygen atoms in total. The van der Waals surface area contributed by atoms with Crippen molar-refractivity contribution >= 4 is 29.2 Å². The number of nitrogens with zero attached hydrogens (tertiary/aromatic N) is 3. The molecule has 3 aliphatic heterocycles. The predicted molar refractivity (Wildman–Crippen MR) is 102 cm³/mol. The largest absolute Gasteiger partial charge is 0.311 e. The molecule has 2 atom stereocenters. The molecule has 2 bridgehead atoms. The van der Waals surface area contributed by atoms with Gasteiger partial charge in [0.25, 0.3) is 0 Å². The minimum absolute atomic E-state index is 0.235. The van der Waals surface area contributed by atoms with Crippen molar-refractivity contribution in [3.8, 4) is 0 Å². The van der Waals surface area contributed by atoms with E-state index in [1.54, 1.807) is 0 Å². The first-order chi connectivity index (χ1) is 13.1. The van der Waals surface area contributed by atoms with E-state index < -0.39 is 17.5 Å². The molecule has 0 aromatic heterocycles. The second-order valence-electron chi connectivity index (χ2n) is 7.17. The van der Waals surface area contributed by atoms with Gasteiger partial charge in [0.05, 0.1) is 23.5 Å². The minimum atomic E-state index is -0.916. The van der Waals surface area contributed by atoms with E-state index in [0.717, 1.165) is 44.0 Å². The van der Waals surface area contributed by atoms with Crippen molar-refractivity contribution in [2.75, 3.05) is 34.8 Å². The van der Waals surface area contributed by atoms with Crippen LogP contribution in [0.15, 0.2) is 36.4 Å². The Morgan fingerprint density at radius 2 is 1.78 bits per heavy atom. The van der Waals surface area contributed by atoms with Crippen LogP contribution in [0.1, 0.15) is 6.42 Å². The van der Waals surface area contributed by atoms with Crippen LogP contribution < -0.4 is 13.9 Å². The van der Waals surface area contributed by atoms with E-state index in [9.17, 15) is 13.2 Å². The van der Waals surface area contributed by atoms with Crippen molar-refractivity contribution in [1.82, 2.24) is 10.2 Å². The molecule has 0 spiro atoms. The maximum absolute atomic E-state index is 14.3. The van der Waals surface area contributed by atoms with Gasteiger partial charge in [-0.25, -0.2) is 13.2 Å². The number of rotatable bonds is 4. The van der Waals surface area contributed by atoms with Crippen molar-refractivity contribution < 1.29 is 13.2 Å². The van der Waals surface area contributed by atoms with E-state index in [1.807, 2.05) is 24.3 Å². The molecule has 0 radical (unpaired) electrons.